The maximum Gasteiger partial charge on any atom is 0.220 e. The maximum absolute atomic E-state index is 11.3. The van der Waals surface area contributed by atoms with Crippen molar-refractivity contribution in [1.29, 1.82) is 0 Å². The lowest BCUT2D eigenvalue weighted by Gasteiger charge is -2.02. The third-order valence-corrected chi connectivity index (χ3v) is 2.97. The molecule has 14 heavy (non-hydrogen) atoms. The van der Waals surface area contributed by atoms with Crippen LogP contribution in [0, 0.1) is 0 Å². The van der Waals surface area contributed by atoms with Crippen molar-refractivity contribution in [2.24, 2.45) is 0 Å². The molecule has 0 bridgehead atoms. The molecule has 0 saturated heterocycles. The Bertz CT molecular complexity index is 261. The molecule has 0 radical (unpaired) electrons. The highest BCUT2D eigenvalue weighted by Crippen LogP contribution is 2.07. The minimum Gasteiger partial charge on any atom is -0.351 e. The second-order valence-electron chi connectivity index (χ2n) is 3.00. The van der Waals surface area contributed by atoms with Gasteiger partial charge in [0.1, 0.15) is 0 Å². The SMILES string of the molecule is O=C(CCCCCl)NCc1cccs1. The number of hydrogen-bond acceptors (Lipinski definition) is 2. The molecule has 4 heteroatoms. The van der Waals surface area contributed by atoms with E-state index in [1.807, 2.05) is 17.5 Å². The molecule has 0 aliphatic carbocycles. The highest BCUT2D eigenvalue weighted by atomic mass is 35.5. The zero-order valence-corrected chi connectivity index (χ0v) is 9.53. The minimum atomic E-state index is 0.114. The Morgan fingerprint density at radius 3 is 3.00 bits per heavy atom. The molecule has 0 atom stereocenters. The van der Waals surface area contributed by atoms with Gasteiger partial charge in [-0.25, -0.2) is 0 Å². The van der Waals surface area contributed by atoms with Crippen molar-refractivity contribution in [2.45, 2.75) is 25.8 Å². The van der Waals surface area contributed by atoms with Gasteiger partial charge in [-0.1, -0.05) is 6.07 Å². The monoisotopic (exact) mass is 231 g/mol. The van der Waals surface area contributed by atoms with Crippen LogP contribution in [-0.4, -0.2) is 11.8 Å². The van der Waals surface area contributed by atoms with Crippen molar-refractivity contribution in [2.75, 3.05) is 5.88 Å². The first-order valence-corrected chi connectivity index (χ1v) is 6.09. The second kappa shape index (κ2) is 6.85. The predicted octanol–water partition coefficient (Wildman–Crippen LogP) is 2.77. The van der Waals surface area contributed by atoms with Crippen molar-refractivity contribution < 1.29 is 4.79 Å². The van der Waals surface area contributed by atoms with Crippen LogP contribution in [-0.2, 0) is 11.3 Å². The molecule has 1 amide bonds. The van der Waals surface area contributed by atoms with Crippen LogP contribution in [0.25, 0.3) is 0 Å². The minimum absolute atomic E-state index is 0.114. The number of thiophene rings is 1. The van der Waals surface area contributed by atoms with E-state index in [0.717, 1.165) is 12.8 Å². The molecule has 0 aliphatic rings. The highest BCUT2D eigenvalue weighted by molar-refractivity contribution is 7.09. The van der Waals surface area contributed by atoms with Crippen molar-refractivity contribution in [3.63, 3.8) is 0 Å². The summed E-state index contributed by atoms with van der Waals surface area (Å²) in [7, 11) is 0. The smallest absolute Gasteiger partial charge is 0.220 e. The summed E-state index contributed by atoms with van der Waals surface area (Å²) in [6, 6.07) is 4.00. The van der Waals surface area contributed by atoms with Gasteiger partial charge in [0.05, 0.1) is 6.54 Å². The van der Waals surface area contributed by atoms with Gasteiger partial charge in [0.15, 0.2) is 0 Å². The molecule has 1 N–H and O–H groups in total. The van der Waals surface area contributed by atoms with Gasteiger partial charge in [-0.2, -0.15) is 0 Å². The van der Waals surface area contributed by atoms with E-state index in [1.54, 1.807) is 11.3 Å². The fourth-order valence-corrected chi connectivity index (χ4v) is 1.90. The van der Waals surface area contributed by atoms with Crippen LogP contribution in [0.2, 0.25) is 0 Å². The van der Waals surface area contributed by atoms with Gasteiger partial charge in [0, 0.05) is 17.2 Å². The Labute approximate surface area is 93.3 Å². The number of unbranched alkanes of at least 4 members (excludes halogenated alkanes) is 1. The average Bonchev–Trinajstić information content (AvgIpc) is 2.68. The first kappa shape index (κ1) is 11.5. The number of alkyl halides is 1. The molecule has 1 heterocycles. The molecule has 0 saturated carbocycles. The number of carbonyl (C=O) groups excluding carboxylic acids is 1. The van der Waals surface area contributed by atoms with Crippen LogP contribution in [0.4, 0.5) is 0 Å². The van der Waals surface area contributed by atoms with Gasteiger partial charge in [0.2, 0.25) is 5.91 Å². The summed E-state index contributed by atoms with van der Waals surface area (Å²) in [5, 5.41) is 4.88. The van der Waals surface area contributed by atoms with Gasteiger partial charge in [-0.05, 0) is 24.3 Å². The number of amides is 1. The molecule has 0 aliphatic heterocycles. The normalized spacial score (nSPS) is 10.1. The van der Waals surface area contributed by atoms with Gasteiger partial charge < -0.3 is 5.32 Å². The number of hydrogen-bond donors (Lipinski definition) is 1. The number of rotatable bonds is 6. The first-order chi connectivity index (χ1) is 6.83. The Morgan fingerprint density at radius 2 is 2.36 bits per heavy atom. The molecule has 0 spiro atoms. The zero-order valence-electron chi connectivity index (χ0n) is 7.96. The van der Waals surface area contributed by atoms with E-state index in [-0.39, 0.29) is 5.91 Å². The number of nitrogens with one attached hydrogen (secondary N) is 1. The topological polar surface area (TPSA) is 29.1 Å². The standard InChI is InChI=1S/C10H14ClNOS/c11-6-2-1-5-10(13)12-8-9-4-3-7-14-9/h3-4,7H,1-2,5-6,8H2,(H,12,13). The summed E-state index contributed by atoms with van der Waals surface area (Å²) < 4.78 is 0. The van der Waals surface area contributed by atoms with Crippen LogP contribution < -0.4 is 5.32 Å². The van der Waals surface area contributed by atoms with Crippen LogP contribution in [0.5, 0.6) is 0 Å². The van der Waals surface area contributed by atoms with E-state index >= 15 is 0 Å². The molecule has 0 fully saturated rings. The van der Waals surface area contributed by atoms with Crippen LogP contribution >= 0.6 is 22.9 Å². The Morgan fingerprint density at radius 1 is 1.50 bits per heavy atom. The van der Waals surface area contributed by atoms with Gasteiger partial charge in [0.25, 0.3) is 0 Å². The van der Waals surface area contributed by atoms with Crippen LogP contribution in [0.1, 0.15) is 24.1 Å². The molecule has 0 unspecified atom stereocenters. The maximum atomic E-state index is 11.3. The summed E-state index contributed by atoms with van der Waals surface area (Å²) in [4.78, 5) is 12.5. The fourth-order valence-electron chi connectivity index (χ4n) is 1.07. The summed E-state index contributed by atoms with van der Waals surface area (Å²) in [6.07, 6.45) is 2.37. The van der Waals surface area contributed by atoms with Gasteiger partial charge >= 0.3 is 0 Å². The third kappa shape index (κ3) is 4.63. The second-order valence-corrected chi connectivity index (χ2v) is 4.41. The highest BCUT2D eigenvalue weighted by Gasteiger charge is 2.00. The Kier molecular flexibility index (Phi) is 5.64. The van der Waals surface area contributed by atoms with Crippen molar-refractivity contribution >= 4 is 28.8 Å². The molecule has 78 valence electrons. The lowest BCUT2D eigenvalue weighted by molar-refractivity contribution is -0.121. The van der Waals surface area contributed by atoms with E-state index in [9.17, 15) is 4.79 Å². The lowest BCUT2D eigenvalue weighted by atomic mass is 10.2. The van der Waals surface area contributed by atoms with Gasteiger partial charge in [-0.15, -0.1) is 22.9 Å². The molecule has 2 nitrogen and oxygen atoms in total. The number of carbonyl (C=O) groups is 1. The van der Waals surface area contributed by atoms with E-state index in [4.69, 9.17) is 11.6 Å². The summed E-state index contributed by atoms with van der Waals surface area (Å²) in [6.45, 7) is 0.650. The van der Waals surface area contributed by atoms with E-state index in [1.165, 1.54) is 4.88 Å². The molecular formula is C10H14ClNOS. The Balaban J connectivity index is 2.09. The largest absolute Gasteiger partial charge is 0.351 e. The Hall–Kier alpha value is -0.540. The first-order valence-electron chi connectivity index (χ1n) is 4.68. The molecular weight excluding hydrogens is 218 g/mol. The molecule has 0 aromatic carbocycles. The molecule has 1 rings (SSSR count). The third-order valence-electron chi connectivity index (χ3n) is 1.83. The van der Waals surface area contributed by atoms with Gasteiger partial charge in [-0.3, -0.25) is 4.79 Å². The average molecular weight is 232 g/mol. The van der Waals surface area contributed by atoms with Crippen LogP contribution in [0.3, 0.4) is 0 Å². The van der Waals surface area contributed by atoms with Crippen LogP contribution in [0.15, 0.2) is 17.5 Å². The zero-order chi connectivity index (χ0) is 10.2. The van der Waals surface area contributed by atoms with E-state index in [2.05, 4.69) is 5.32 Å². The predicted molar refractivity (Wildman–Crippen MR) is 60.7 cm³/mol. The fraction of sp³-hybridized carbons (Fsp3) is 0.500. The summed E-state index contributed by atoms with van der Waals surface area (Å²) in [5.74, 6) is 0.751. The van der Waals surface area contributed by atoms with E-state index in [0.29, 0.717) is 18.8 Å². The molecule has 1 aromatic heterocycles. The molecule has 1 aromatic rings. The number of halogens is 1. The summed E-state index contributed by atoms with van der Waals surface area (Å²) >= 11 is 7.17. The van der Waals surface area contributed by atoms with E-state index < -0.39 is 0 Å². The van der Waals surface area contributed by atoms with Crippen molar-refractivity contribution in [3.05, 3.63) is 22.4 Å². The quantitative estimate of drug-likeness (QED) is 0.592. The van der Waals surface area contributed by atoms with Crippen molar-refractivity contribution in [1.82, 2.24) is 5.32 Å². The van der Waals surface area contributed by atoms with Crippen molar-refractivity contribution in [3.8, 4) is 0 Å². The lowest BCUT2D eigenvalue weighted by Crippen LogP contribution is -2.21. The summed E-state index contributed by atoms with van der Waals surface area (Å²) in [5.41, 5.74) is 0.